The molecule has 0 aromatic heterocycles. The highest BCUT2D eigenvalue weighted by Gasteiger charge is 2.13. The highest BCUT2D eigenvalue weighted by molar-refractivity contribution is 5.60. The molecule has 0 aliphatic heterocycles. The molecule has 0 saturated carbocycles. The summed E-state index contributed by atoms with van der Waals surface area (Å²) >= 11 is 0. The molecule has 2 rings (SSSR count). The number of benzene rings is 1. The molecule has 2 heteroatoms. The summed E-state index contributed by atoms with van der Waals surface area (Å²) in [4.78, 5) is 0. The lowest BCUT2D eigenvalue weighted by Crippen LogP contribution is -1.94. The van der Waals surface area contributed by atoms with Gasteiger partial charge in [0.05, 0.1) is 7.11 Å². The highest BCUT2D eigenvalue weighted by atomic mass is 16.5. The number of hydrogen-bond acceptors (Lipinski definition) is 2. The van der Waals surface area contributed by atoms with E-state index in [1.807, 2.05) is 12.2 Å². The quantitative estimate of drug-likeness (QED) is 0.817. The second-order valence-corrected chi connectivity index (χ2v) is 3.85. The molecular formula is C13H17NO. The summed E-state index contributed by atoms with van der Waals surface area (Å²) in [6.07, 6.45) is 7.65. The van der Waals surface area contributed by atoms with Crippen molar-refractivity contribution in [3.8, 4) is 5.75 Å². The van der Waals surface area contributed by atoms with Crippen molar-refractivity contribution in [2.75, 3.05) is 13.7 Å². The first kappa shape index (κ1) is 10.2. The van der Waals surface area contributed by atoms with Gasteiger partial charge in [-0.25, -0.2) is 0 Å². The molecule has 0 unspecified atom stereocenters. The molecule has 2 nitrogen and oxygen atoms in total. The van der Waals surface area contributed by atoms with Crippen LogP contribution in [0.3, 0.4) is 0 Å². The van der Waals surface area contributed by atoms with E-state index in [4.69, 9.17) is 10.5 Å². The van der Waals surface area contributed by atoms with Crippen molar-refractivity contribution in [2.45, 2.75) is 19.3 Å². The van der Waals surface area contributed by atoms with Crippen LogP contribution >= 0.6 is 0 Å². The number of ether oxygens (including phenoxy) is 1. The van der Waals surface area contributed by atoms with E-state index in [0.29, 0.717) is 6.54 Å². The van der Waals surface area contributed by atoms with E-state index in [2.05, 4.69) is 12.1 Å². The Labute approximate surface area is 90.7 Å². The largest absolute Gasteiger partial charge is 0.496 e. The predicted molar refractivity (Wildman–Crippen MR) is 63.1 cm³/mol. The molecule has 1 aromatic carbocycles. The minimum Gasteiger partial charge on any atom is -0.496 e. The van der Waals surface area contributed by atoms with E-state index in [0.717, 1.165) is 11.3 Å². The number of fused-ring (bicyclic) bond motifs is 1. The van der Waals surface area contributed by atoms with Crippen molar-refractivity contribution < 1.29 is 4.74 Å². The summed E-state index contributed by atoms with van der Waals surface area (Å²) in [6, 6.07) is 4.39. The molecule has 0 fully saturated rings. The number of rotatable bonds is 3. The Balaban J connectivity index is 2.39. The van der Waals surface area contributed by atoms with Gasteiger partial charge in [0, 0.05) is 12.1 Å². The summed E-state index contributed by atoms with van der Waals surface area (Å²) in [7, 11) is 1.72. The van der Waals surface area contributed by atoms with Crippen LogP contribution in [0.4, 0.5) is 0 Å². The summed E-state index contributed by atoms with van der Waals surface area (Å²) in [5, 5.41) is 0. The lowest BCUT2D eigenvalue weighted by molar-refractivity contribution is 0.413. The van der Waals surface area contributed by atoms with Gasteiger partial charge in [-0.1, -0.05) is 12.2 Å². The summed E-state index contributed by atoms with van der Waals surface area (Å²) < 4.78 is 5.38. The third kappa shape index (κ3) is 2.05. The van der Waals surface area contributed by atoms with Gasteiger partial charge in [-0.15, -0.1) is 0 Å². The average molecular weight is 203 g/mol. The molecule has 1 aliphatic rings. The zero-order valence-electron chi connectivity index (χ0n) is 9.12. The normalized spacial score (nSPS) is 14.5. The van der Waals surface area contributed by atoms with Crippen LogP contribution in [0.25, 0.3) is 6.08 Å². The fraction of sp³-hybridized carbons (Fsp3) is 0.385. The first-order valence-corrected chi connectivity index (χ1v) is 5.41. The van der Waals surface area contributed by atoms with E-state index in [-0.39, 0.29) is 0 Å². The second-order valence-electron chi connectivity index (χ2n) is 3.85. The van der Waals surface area contributed by atoms with Crippen molar-refractivity contribution in [1.82, 2.24) is 0 Å². The first-order chi connectivity index (χ1) is 7.35. The Kier molecular flexibility index (Phi) is 3.07. The maximum atomic E-state index is 5.45. The minimum atomic E-state index is 0.570. The summed E-state index contributed by atoms with van der Waals surface area (Å²) in [6.45, 7) is 0.570. The summed E-state index contributed by atoms with van der Waals surface area (Å²) in [5.41, 5.74) is 9.50. The standard InChI is InChI=1S/C13H17NO/c1-15-13-9-11-5-2-4-10(11)8-12(13)6-3-7-14/h3,6,8-9H,2,4-5,7,14H2,1H3/b6-3+. The molecule has 1 aromatic rings. The van der Waals surface area contributed by atoms with E-state index in [1.54, 1.807) is 7.11 Å². The van der Waals surface area contributed by atoms with Gasteiger partial charge >= 0.3 is 0 Å². The lowest BCUT2D eigenvalue weighted by Gasteiger charge is -2.08. The molecule has 2 N–H and O–H groups in total. The van der Waals surface area contributed by atoms with E-state index in [9.17, 15) is 0 Å². The Hall–Kier alpha value is -1.28. The zero-order chi connectivity index (χ0) is 10.7. The SMILES string of the molecule is COc1cc2c(cc1/C=C/CN)CCC2. The molecule has 0 saturated heterocycles. The van der Waals surface area contributed by atoms with Crippen molar-refractivity contribution >= 4 is 6.08 Å². The number of hydrogen-bond donors (Lipinski definition) is 1. The van der Waals surface area contributed by atoms with E-state index in [1.165, 1.54) is 30.4 Å². The molecule has 1 aliphatic carbocycles. The van der Waals surface area contributed by atoms with Gasteiger partial charge in [0.25, 0.3) is 0 Å². The maximum Gasteiger partial charge on any atom is 0.126 e. The molecule has 80 valence electrons. The molecule has 0 bridgehead atoms. The predicted octanol–water partition coefficient (Wildman–Crippen LogP) is 2.16. The highest BCUT2D eigenvalue weighted by Crippen LogP contribution is 2.30. The Morgan fingerprint density at radius 2 is 2.07 bits per heavy atom. The topological polar surface area (TPSA) is 35.2 Å². The van der Waals surface area contributed by atoms with Gasteiger partial charge in [0.1, 0.15) is 5.75 Å². The zero-order valence-corrected chi connectivity index (χ0v) is 9.12. The number of methoxy groups -OCH3 is 1. The van der Waals surface area contributed by atoms with Gasteiger partial charge in [-0.05, 0) is 42.5 Å². The van der Waals surface area contributed by atoms with Gasteiger partial charge in [-0.2, -0.15) is 0 Å². The fourth-order valence-corrected chi connectivity index (χ4v) is 2.12. The van der Waals surface area contributed by atoms with Gasteiger partial charge in [0.15, 0.2) is 0 Å². The smallest absolute Gasteiger partial charge is 0.126 e. The van der Waals surface area contributed by atoms with Crippen LogP contribution in [0.2, 0.25) is 0 Å². The van der Waals surface area contributed by atoms with Gasteiger partial charge in [0.2, 0.25) is 0 Å². The minimum absolute atomic E-state index is 0.570. The average Bonchev–Trinajstić information content (AvgIpc) is 2.71. The van der Waals surface area contributed by atoms with Crippen molar-refractivity contribution in [3.63, 3.8) is 0 Å². The van der Waals surface area contributed by atoms with Crippen LogP contribution in [-0.4, -0.2) is 13.7 Å². The third-order valence-electron chi connectivity index (χ3n) is 2.88. The summed E-state index contributed by atoms with van der Waals surface area (Å²) in [5.74, 6) is 0.959. The Morgan fingerprint density at radius 1 is 1.33 bits per heavy atom. The monoisotopic (exact) mass is 203 g/mol. The van der Waals surface area contributed by atoms with Gasteiger partial charge in [-0.3, -0.25) is 0 Å². The number of nitrogens with two attached hydrogens (primary N) is 1. The van der Waals surface area contributed by atoms with Gasteiger partial charge < -0.3 is 10.5 Å². The van der Waals surface area contributed by atoms with Crippen LogP contribution in [0.15, 0.2) is 18.2 Å². The first-order valence-electron chi connectivity index (χ1n) is 5.41. The number of aryl methyl sites for hydroxylation is 2. The van der Waals surface area contributed by atoms with E-state index >= 15 is 0 Å². The van der Waals surface area contributed by atoms with Crippen LogP contribution < -0.4 is 10.5 Å². The lowest BCUT2D eigenvalue weighted by atomic mass is 10.0. The van der Waals surface area contributed by atoms with E-state index < -0.39 is 0 Å². The van der Waals surface area contributed by atoms with Crippen molar-refractivity contribution in [3.05, 3.63) is 34.9 Å². The molecule has 15 heavy (non-hydrogen) atoms. The third-order valence-corrected chi connectivity index (χ3v) is 2.88. The second kappa shape index (κ2) is 4.49. The Morgan fingerprint density at radius 3 is 2.73 bits per heavy atom. The molecule has 0 radical (unpaired) electrons. The molecular weight excluding hydrogens is 186 g/mol. The van der Waals surface area contributed by atoms with Crippen LogP contribution in [0.1, 0.15) is 23.1 Å². The van der Waals surface area contributed by atoms with Crippen LogP contribution in [-0.2, 0) is 12.8 Å². The van der Waals surface area contributed by atoms with Crippen molar-refractivity contribution in [1.29, 1.82) is 0 Å². The maximum absolute atomic E-state index is 5.45. The molecule has 0 spiro atoms. The van der Waals surface area contributed by atoms with Crippen LogP contribution in [0.5, 0.6) is 5.75 Å². The van der Waals surface area contributed by atoms with Crippen molar-refractivity contribution in [2.24, 2.45) is 5.73 Å². The molecule has 0 heterocycles. The fourth-order valence-electron chi connectivity index (χ4n) is 2.12. The molecule has 0 amide bonds. The molecule has 0 atom stereocenters. The Bertz CT molecular complexity index is 382. The van der Waals surface area contributed by atoms with Crippen LogP contribution in [0, 0.1) is 0 Å².